The number of carbonyl (C=O) groups is 1. The molecule has 39 heavy (non-hydrogen) atoms. The molecule has 3 aromatic carbocycles. The second-order valence-corrected chi connectivity index (χ2v) is 10.0. The first-order valence-electron chi connectivity index (χ1n) is 13.5. The molecule has 2 aliphatic rings. The highest BCUT2D eigenvalue weighted by Crippen LogP contribution is 2.41. The van der Waals surface area contributed by atoms with Crippen molar-refractivity contribution in [3.8, 4) is 0 Å². The van der Waals surface area contributed by atoms with Crippen LogP contribution in [-0.4, -0.2) is 50.4 Å². The lowest BCUT2D eigenvalue weighted by atomic mass is 9.83. The molecule has 5 rings (SSSR count). The van der Waals surface area contributed by atoms with Gasteiger partial charge in [-0.05, 0) is 16.7 Å². The van der Waals surface area contributed by atoms with Gasteiger partial charge in [0.1, 0.15) is 12.2 Å². The molecule has 0 bridgehead atoms. The van der Waals surface area contributed by atoms with Gasteiger partial charge in [0.2, 0.25) is 0 Å². The van der Waals surface area contributed by atoms with E-state index in [2.05, 4.69) is 0 Å². The van der Waals surface area contributed by atoms with Gasteiger partial charge in [0.25, 0.3) is 0 Å². The number of hydrogen-bond acceptors (Lipinski definition) is 7. The minimum absolute atomic E-state index is 0.0753. The second kappa shape index (κ2) is 13.8. The summed E-state index contributed by atoms with van der Waals surface area (Å²) in [6, 6.07) is 30.2. The zero-order chi connectivity index (χ0) is 26.9. The number of hydrogen-bond donors (Lipinski definition) is 0. The van der Waals surface area contributed by atoms with Crippen molar-refractivity contribution in [2.24, 2.45) is 11.8 Å². The molecule has 0 unspecified atom stereocenters. The summed E-state index contributed by atoms with van der Waals surface area (Å²) in [5, 5.41) is 0. The van der Waals surface area contributed by atoms with Crippen molar-refractivity contribution in [2.45, 2.75) is 51.3 Å². The SMILES string of the molecule is CC(=O)OC[C@@H]1CO[C@@H]2O[C@H](COCc3ccccc3)[C@@H](OCc3ccccc3)[C@H](OCc3ccccc3)[C@H]12. The van der Waals surface area contributed by atoms with Gasteiger partial charge in [0, 0.05) is 18.8 Å². The highest BCUT2D eigenvalue weighted by atomic mass is 16.7. The summed E-state index contributed by atoms with van der Waals surface area (Å²) >= 11 is 0. The topological polar surface area (TPSA) is 72.5 Å². The van der Waals surface area contributed by atoms with Crippen LogP contribution in [0.15, 0.2) is 91.0 Å². The zero-order valence-corrected chi connectivity index (χ0v) is 22.2. The largest absolute Gasteiger partial charge is 0.465 e. The summed E-state index contributed by atoms with van der Waals surface area (Å²) in [5.74, 6) is -0.561. The molecule has 0 spiro atoms. The van der Waals surface area contributed by atoms with Crippen LogP contribution in [0, 0.1) is 11.8 Å². The minimum atomic E-state index is -0.506. The fraction of sp³-hybridized carbons (Fsp3) is 0.406. The lowest BCUT2D eigenvalue weighted by Gasteiger charge is -2.44. The van der Waals surface area contributed by atoms with Gasteiger partial charge in [-0.15, -0.1) is 0 Å². The highest BCUT2D eigenvalue weighted by Gasteiger charge is 2.54. The van der Waals surface area contributed by atoms with Crippen LogP contribution < -0.4 is 0 Å². The standard InChI is InChI=1S/C32H36O7/c1-23(33)35-20-27-21-38-32-29(27)31(37-19-26-15-9-4-10-16-26)30(36-18-25-13-7-3-8-14-25)28(39-32)22-34-17-24-11-5-2-6-12-24/h2-16,27-32H,17-22H2,1H3/t27-,28-,29+,30-,31-,32-/m1/s1. The Morgan fingerprint density at radius 1 is 0.744 bits per heavy atom. The van der Waals surface area contributed by atoms with E-state index in [1.165, 1.54) is 6.92 Å². The predicted molar refractivity (Wildman–Crippen MR) is 144 cm³/mol. The summed E-state index contributed by atoms with van der Waals surface area (Å²) in [6.45, 7) is 3.68. The average Bonchev–Trinajstić information content (AvgIpc) is 3.38. The van der Waals surface area contributed by atoms with Crippen LogP contribution in [0.25, 0.3) is 0 Å². The molecule has 2 heterocycles. The van der Waals surface area contributed by atoms with Crippen LogP contribution in [0.5, 0.6) is 0 Å². The van der Waals surface area contributed by atoms with Gasteiger partial charge in [-0.25, -0.2) is 0 Å². The molecule has 7 heteroatoms. The van der Waals surface area contributed by atoms with Gasteiger partial charge in [-0.3, -0.25) is 4.79 Å². The number of fused-ring (bicyclic) bond motifs is 1. The van der Waals surface area contributed by atoms with E-state index < -0.39 is 18.5 Å². The van der Waals surface area contributed by atoms with Crippen LogP contribution in [0.4, 0.5) is 0 Å². The monoisotopic (exact) mass is 532 g/mol. The first-order chi connectivity index (χ1) is 19.2. The average molecular weight is 533 g/mol. The molecule has 0 aromatic heterocycles. The molecular formula is C32H36O7. The van der Waals surface area contributed by atoms with Crippen molar-refractivity contribution >= 4 is 5.97 Å². The molecule has 3 aromatic rings. The Bertz CT molecular complexity index is 1140. The Morgan fingerprint density at radius 3 is 1.85 bits per heavy atom. The maximum Gasteiger partial charge on any atom is 0.302 e. The third-order valence-electron chi connectivity index (χ3n) is 7.18. The molecule has 206 valence electrons. The van der Waals surface area contributed by atoms with Gasteiger partial charge in [-0.2, -0.15) is 0 Å². The highest BCUT2D eigenvalue weighted by molar-refractivity contribution is 5.65. The fourth-order valence-corrected chi connectivity index (χ4v) is 5.22. The zero-order valence-electron chi connectivity index (χ0n) is 22.2. The van der Waals surface area contributed by atoms with Gasteiger partial charge in [-0.1, -0.05) is 91.0 Å². The maximum absolute atomic E-state index is 11.6. The first kappa shape index (κ1) is 27.5. The predicted octanol–water partition coefficient (Wildman–Crippen LogP) is 4.92. The van der Waals surface area contributed by atoms with E-state index in [0.717, 1.165) is 16.7 Å². The first-order valence-corrected chi connectivity index (χ1v) is 13.5. The fourth-order valence-electron chi connectivity index (χ4n) is 5.22. The van der Waals surface area contributed by atoms with E-state index in [9.17, 15) is 4.79 Å². The molecule has 2 aliphatic heterocycles. The quantitative estimate of drug-likeness (QED) is 0.307. The molecule has 2 fully saturated rings. The van der Waals surface area contributed by atoms with E-state index in [1.54, 1.807) is 0 Å². The van der Waals surface area contributed by atoms with Crippen LogP contribution in [0.2, 0.25) is 0 Å². The Labute approximate surface area is 229 Å². The molecule has 0 N–H and O–H groups in total. The number of rotatable bonds is 12. The molecule has 2 saturated heterocycles. The van der Waals surface area contributed by atoms with Crippen molar-refractivity contribution in [3.05, 3.63) is 108 Å². The summed E-state index contributed by atoms with van der Waals surface area (Å²) in [6.07, 6.45) is -1.70. The smallest absolute Gasteiger partial charge is 0.302 e. The van der Waals surface area contributed by atoms with Gasteiger partial charge < -0.3 is 28.4 Å². The van der Waals surface area contributed by atoms with Crippen molar-refractivity contribution < 1.29 is 33.2 Å². The lowest BCUT2D eigenvalue weighted by molar-refractivity contribution is -0.285. The Morgan fingerprint density at radius 2 is 1.28 bits per heavy atom. The molecular weight excluding hydrogens is 496 g/mol. The summed E-state index contributed by atoms with van der Waals surface area (Å²) in [7, 11) is 0. The van der Waals surface area contributed by atoms with Gasteiger partial charge in [0.05, 0.1) is 45.7 Å². The number of carbonyl (C=O) groups excluding carboxylic acids is 1. The lowest BCUT2D eigenvalue weighted by Crippen LogP contribution is -2.58. The van der Waals surface area contributed by atoms with E-state index in [0.29, 0.717) is 33.0 Å². The summed E-state index contributed by atoms with van der Waals surface area (Å²) in [4.78, 5) is 11.6. The van der Waals surface area contributed by atoms with E-state index >= 15 is 0 Å². The van der Waals surface area contributed by atoms with Gasteiger partial charge in [0.15, 0.2) is 6.29 Å². The second-order valence-electron chi connectivity index (χ2n) is 10.0. The van der Waals surface area contributed by atoms with Crippen molar-refractivity contribution in [2.75, 3.05) is 19.8 Å². The molecule has 7 nitrogen and oxygen atoms in total. The Hall–Kier alpha value is -3.07. The van der Waals surface area contributed by atoms with E-state index in [-0.39, 0.29) is 30.5 Å². The molecule has 6 atom stereocenters. The molecule has 0 radical (unpaired) electrons. The molecule has 0 aliphatic carbocycles. The minimum Gasteiger partial charge on any atom is -0.465 e. The summed E-state index contributed by atoms with van der Waals surface area (Å²) in [5.41, 5.74) is 3.21. The molecule has 0 amide bonds. The van der Waals surface area contributed by atoms with Crippen LogP contribution in [-0.2, 0) is 53.0 Å². The van der Waals surface area contributed by atoms with E-state index in [1.807, 2.05) is 91.0 Å². The number of benzene rings is 3. The molecule has 0 saturated carbocycles. The van der Waals surface area contributed by atoms with Crippen LogP contribution in [0.3, 0.4) is 0 Å². The third-order valence-corrected chi connectivity index (χ3v) is 7.18. The van der Waals surface area contributed by atoms with Gasteiger partial charge >= 0.3 is 5.97 Å². The Balaban J connectivity index is 1.37. The number of esters is 1. The van der Waals surface area contributed by atoms with E-state index in [4.69, 9.17) is 28.4 Å². The normalized spacial score (nSPS) is 26.2. The third kappa shape index (κ3) is 7.53. The maximum atomic E-state index is 11.6. The van der Waals surface area contributed by atoms with Crippen LogP contribution in [0.1, 0.15) is 23.6 Å². The summed E-state index contributed by atoms with van der Waals surface area (Å²) < 4.78 is 37.3. The van der Waals surface area contributed by atoms with Crippen molar-refractivity contribution in [1.82, 2.24) is 0 Å². The van der Waals surface area contributed by atoms with Crippen molar-refractivity contribution in [1.29, 1.82) is 0 Å². The Kier molecular flexibility index (Phi) is 9.75. The van der Waals surface area contributed by atoms with Crippen LogP contribution >= 0.6 is 0 Å². The number of ether oxygens (including phenoxy) is 6. The van der Waals surface area contributed by atoms with Crippen molar-refractivity contribution in [3.63, 3.8) is 0 Å².